The number of benzene rings is 1. The monoisotopic (exact) mass is 464 g/mol. The molecule has 1 aromatic rings. The minimum atomic E-state index is -3.45. The summed E-state index contributed by atoms with van der Waals surface area (Å²) < 4.78 is 40.5. The van der Waals surface area contributed by atoms with Crippen LogP contribution in [0.5, 0.6) is 5.75 Å². The number of nitrogens with one attached hydrogen (secondary N) is 1. The average molecular weight is 465 g/mol. The first kappa shape index (κ1) is 23.5. The minimum Gasteiger partial charge on any atom is -0.483 e. The van der Waals surface area contributed by atoms with Crippen LogP contribution in [0.15, 0.2) is 18.2 Å². The summed E-state index contributed by atoms with van der Waals surface area (Å²) in [4.78, 5) is 15.0. The van der Waals surface area contributed by atoms with Gasteiger partial charge in [-0.3, -0.25) is 4.79 Å². The van der Waals surface area contributed by atoms with Crippen molar-refractivity contribution >= 4 is 15.9 Å². The summed E-state index contributed by atoms with van der Waals surface area (Å²) in [6.45, 7) is 6.33. The lowest BCUT2D eigenvalue weighted by atomic mass is 9.80. The molecule has 1 amide bonds. The highest BCUT2D eigenvalue weighted by Gasteiger charge is 2.38. The Balaban J connectivity index is 1.62. The molecule has 0 unspecified atom stereocenters. The summed E-state index contributed by atoms with van der Waals surface area (Å²) in [6, 6.07) is 5.37. The van der Waals surface area contributed by atoms with Gasteiger partial charge in [0.25, 0.3) is 5.91 Å². The Morgan fingerprint density at radius 2 is 1.88 bits per heavy atom. The molecule has 32 heavy (non-hydrogen) atoms. The molecule has 3 heterocycles. The fourth-order valence-electron chi connectivity index (χ4n) is 5.34. The van der Waals surface area contributed by atoms with E-state index in [0.717, 1.165) is 37.9 Å². The molecule has 7 nitrogen and oxygen atoms in total. The van der Waals surface area contributed by atoms with E-state index in [4.69, 9.17) is 9.47 Å². The van der Waals surface area contributed by atoms with E-state index in [1.807, 2.05) is 12.1 Å². The fourth-order valence-corrected chi connectivity index (χ4v) is 6.30. The zero-order chi connectivity index (χ0) is 22.9. The first-order chi connectivity index (χ1) is 15.3. The summed E-state index contributed by atoms with van der Waals surface area (Å²) in [7, 11) is -3.45. The first-order valence-electron chi connectivity index (χ1n) is 11.9. The van der Waals surface area contributed by atoms with E-state index >= 15 is 0 Å². The van der Waals surface area contributed by atoms with Crippen LogP contribution >= 0.6 is 0 Å². The second kappa shape index (κ2) is 9.69. The van der Waals surface area contributed by atoms with Gasteiger partial charge in [0.15, 0.2) is 6.61 Å². The van der Waals surface area contributed by atoms with Crippen LogP contribution in [0, 0.1) is 6.92 Å². The lowest BCUT2D eigenvalue weighted by Crippen LogP contribution is -2.60. The van der Waals surface area contributed by atoms with Gasteiger partial charge in [0, 0.05) is 18.2 Å². The quantitative estimate of drug-likeness (QED) is 0.743. The van der Waals surface area contributed by atoms with Crippen LogP contribution in [0.3, 0.4) is 0 Å². The van der Waals surface area contributed by atoms with Crippen LogP contribution in [0.1, 0.15) is 69.4 Å². The molecular weight excluding hydrogens is 428 g/mol. The van der Waals surface area contributed by atoms with Gasteiger partial charge in [-0.15, -0.1) is 0 Å². The maximum atomic E-state index is 13.2. The lowest BCUT2D eigenvalue weighted by Gasteiger charge is -2.42. The van der Waals surface area contributed by atoms with E-state index in [2.05, 4.69) is 17.7 Å². The van der Waals surface area contributed by atoms with Crippen molar-refractivity contribution in [3.05, 3.63) is 29.3 Å². The van der Waals surface area contributed by atoms with Gasteiger partial charge in [-0.2, -0.15) is 0 Å². The number of hydrogen-bond donors (Lipinski definition) is 1. The highest BCUT2D eigenvalue weighted by Crippen LogP contribution is 2.40. The van der Waals surface area contributed by atoms with Crippen molar-refractivity contribution in [3.63, 3.8) is 0 Å². The largest absolute Gasteiger partial charge is 0.483 e. The molecule has 2 atom stereocenters. The van der Waals surface area contributed by atoms with Crippen LogP contribution < -0.4 is 9.46 Å². The van der Waals surface area contributed by atoms with Gasteiger partial charge in [0.2, 0.25) is 10.0 Å². The predicted molar refractivity (Wildman–Crippen MR) is 123 cm³/mol. The van der Waals surface area contributed by atoms with Gasteiger partial charge in [-0.1, -0.05) is 12.1 Å². The number of nitrogens with zero attached hydrogens (tertiary/aromatic N) is 1. The van der Waals surface area contributed by atoms with Gasteiger partial charge in [0.1, 0.15) is 5.75 Å². The topological polar surface area (TPSA) is 84.9 Å². The summed E-state index contributed by atoms with van der Waals surface area (Å²) in [5.74, 6) is 1.09. The smallest absolute Gasteiger partial charge is 0.260 e. The number of hydrogen-bond acceptors (Lipinski definition) is 5. The number of piperidine rings is 1. The Bertz CT molecular complexity index is 924. The molecule has 1 aromatic carbocycles. The molecule has 8 heteroatoms. The third-order valence-corrected chi connectivity index (χ3v) is 9.13. The van der Waals surface area contributed by atoms with Gasteiger partial charge >= 0.3 is 0 Å². The second-order valence-corrected chi connectivity index (χ2v) is 12.0. The molecule has 0 spiro atoms. The number of sulfonamides is 1. The average Bonchev–Trinajstić information content (AvgIpc) is 2.77. The van der Waals surface area contributed by atoms with E-state index < -0.39 is 15.3 Å². The van der Waals surface area contributed by atoms with Crippen molar-refractivity contribution in [2.75, 3.05) is 19.8 Å². The lowest BCUT2D eigenvalue weighted by molar-refractivity contribution is -0.140. The predicted octanol–water partition coefficient (Wildman–Crippen LogP) is 3.12. The number of ether oxygens (including phenoxy) is 2. The highest BCUT2D eigenvalue weighted by molar-refractivity contribution is 7.90. The SMILES string of the molecule is Cc1cccc2c1C1CCC(CC1)OC[C@H]1[C@@H](NS(=O)(=O)C(C)C)CCCN1C(=O)CO2. The number of rotatable bonds is 3. The number of carbonyl (C=O) groups is 1. The van der Waals surface area contributed by atoms with Crippen LogP contribution in [0.2, 0.25) is 0 Å². The molecule has 4 aliphatic rings. The van der Waals surface area contributed by atoms with E-state index in [0.29, 0.717) is 25.5 Å². The number of amides is 1. The zero-order valence-corrected chi connectivity index (χ0v) is 20.2. The number of carbonyl (C=O) groups excluding carboxylic acids is 1. The molecule has 3 aliphatic heterocycles. The van der Waals surface area contributed by atoms with E-state index in [-0.39, 0.29) is 30.7 Å². The molecule has 1 N–H and O–H groups in total. The summed E-state index contributed by atoms with van der Waals surface area (Å²) in [6.07, 6.45) is 5.55. The van der Waals surface area contributed by atoms with E-state index in [1.54, 1.807) is 18.7 Å². The van der Waals surface area contributed by atoms with Crippen LogP contribution in [0.25, 0.3) is 0 Å². The third kappa shape index (κ3) is 4.97. The zero-order valence-electron chi connectivity index (χ0n) is 19.4. The Hall–Kier alpha value is -1.64. The van der Waals surface area contributed by atoms with Crippen molar-refractivity contribution in [1.29, 1.82) is 0 Å². The Morgan fingerprint density at radius 1 is 1.12 bits per heavy atom. The Morgan fingerprint density at radius 3 is 2.59 bits per heavy atom. The molecule has 5 rings (SSSR count). The van der Waals surface area contributed by atoms with Crippen LogP contribution in [-0.4, -0.2) is 62.4 Å². The maximum Gasteiger partial charge on any atom is 0.260 e. The molecule has 0 aromatic heterocycles. The second-order valence-electron chi connectivity index (χ2n) is 9.70. The number of aryl methyl sites for hydroxylation is 1. The van der Waals surface area contributed by atoms with E-state index in [9.17, 15) is 13.2 Å². The third-order valence-electron chi connectivity index (χ3n) is 7.26. The fraction of sp³-hybridized carbons (Fsp3) is 0.708. The summed E-state index contributed by atoms with van der Waals surface area (Å²) in [5.41, 5.74) is 2.42. The van der Waals surface area contributed by atoms with Gasteiger partial charge in [0.05, 0.1) is 24.0 Å². The molecule has 1 saturated heterocycles. The molecule has 2 fully saturated rings. The molecule has 1 aliphatic carbocycles. The van der Waals surface area contributed by atoms with E-state index in [1.165, 1.54) is 11.1 Å². The van der Waals surface area contributed by atoms with Crippen molar-refractivity contribution in [3.8, 4) is 5.75 Å². The van der Waals surface area contributed by atoms with Crippen molar-refractivity contribution < 1.29 is 22.7 Å². The highest BCUT2D eigenvalue weighted by atomic mass is 32.2. The van der Waals surface area contributed by atoms with Crippen molar-refractivity contribution in [1.82, 2.24) is 9.62 Å². The molecule has 0 radical (unpaired) electrons. The first-order valence-corrected chi connectivity index (χ1v) is 13.5. The number of fused-ring (bicyclic) bond motifs is 5. The normalized spacial score (nSPS) is 29.4. The Kier molecular flexibility index (Phi) is 7.12. The minimum absolute atomic E-state index is 0.0489. The van der Waals surface area contributed by atoms with Gasteiger partial charge < -0.3 is 14.4 Å². The van der Waals surface area contributed by atoms with Crippen molar-refractivity contribution in [2.24, 2.45) is 0 Å². The Labute approximate surface area is 191 Å². The van der Waals surface area contributed by atoms with Crippen LogP contribution in [-0.2, 0) is 19.6 Å². The maximum absolute atomic E-state index is 13.2. The summed E-state index contributed by atoms with van der Waals surface area (Å²) >= 11 is 0. The molecule has 1 saturated carbocycles. The van der Waals surface area contributed by atoms with Crippen molar-refractivity contribution in [2.45, 2.75) is 88.7 Å². The molecule has 178 valence electrons. The van der Waals surface area contributed by atoms with Crippen LogP contribution in [0.4, 0.5) is 0 Å². The summed E-state index contributed by atoms with van der Waals surface area (Å²) in [5, 5.41) is -0.525. The standard InChI is InChI=1S/C24H36N2O5S/c1-16(2)32(28,29)25-20-7-5-13-26-21(20)14-30-19-11-9-18(10-12-19)24-17(3)6-4-8-22(24)31-15-23(26)27/h4,6,8,16,18-21,25H,5,7,9-15H2,1-3H3/t18?,19?,20-,21-/m0/s1. The molecule has 2 bridgehead atoms. The van der Waals surface area contributed by atoms with Gasteiger partial charge in [-0.05, 0) is 76.8 Å². The van der Waals surface area contributed by atoms with Gasteiger partial charge in [-0.25, -0.2) is 13.1 Å². The molecular formula is C24H36N2O5S.